The van der Waals surface area contributed by atoms with Crippen molar-refractivity contribution in [3.8, 4) is 6.07 Å². The minimum atomic E-state index is -0.370. The number of carbonyl (C=O) groups excluding carboxylic acids is 1. The first-order valence-electron chi connectivity index (χ1n) is 6.68. The molecule has 19 heavy (non-hydrogen) atoms. The average molecular weight is 257 g/mol. The molecule has 1 heterocycles. The topological polar surface area (TPSA) is 56.1 Å². The number of piperazine rings is 1. The maximum Gasteiger partial charge on any atom is 0.243 e. The number of rotatable bonds is 3. The minimum absolute atomic E-state index is 0.0434. The molecule has 2 rings (SSSR count). The molecule has 1 aromatic carbocycles. The number of carbonyl (C=O) groups is 1. The van der Waals surface area contributed by atoms with Crippen LogP contribution in [0.5, 0.6) is 0 Å². The number of nitrogens with zero attached hydrogens (tertiary/aromatic N) is 2. The van der Waals surface area contributed by atoms with Crippen molar-refractivity contribution in [3.05, 3.63) is 29.3 Å². The van der Waals surface area contributed by atoms with Crippen LogP contribution in [0.25, 0.3) is 0 Å². The number of para-hydroxylation sites is 1. The fraction of sp³-hybridized carbons (Fsp3) is 0.467. The average Bonchev–Trinajstić information content (AvgIpc) is 2.41. The Morgan fingerprint density at radius 1 is 1.53 bits per heavy atom. The molecule has 4 nitrogen and oxygen atoms in total. The fourth-order valence-corrected chi connectivity index (χ4v) is 2.69. The first kappa shape index (κ1) is 13.4. The Morgan fingerprint density at radius 3 is 3.00 bits per heavy atom. The van der Waals surface area contributed by atoms with E-state index in [0.29, 0.717) is 6.54 Å². The number of hydrogen-bond acceptors (Lipinski definition) is 3. The molecule has 0 aromatic heterocycles. The van der Waals surface area contributed by atoms with Crippen molar-refractivity contribution in [1.82, 2.24) is 5.32 Å². The first-order valence-corrected chi connectivity index (χ1v) is 6.68. The van der Waals surface area contributed by atoms with Crippen molar-refractivity contribution in [2.45, 2.75) is 32.7 Å². The highest BCUT2D eigenvalue weighted by Crippen LogP contribution is 2.29. The Labute approximate surface area is 114 Å². The number of anilines is 1. The zero-order valence-corrected chi connectivity index (χ0v) is 11.4. The van der Waals surface area contributed by atoms with Crippen LogP contribution in [0.15, 0.2) is 18.2 Å². The van der Waals surface area contributed by atoms with E-state index < -0.39 is 0 Å². The maximum absolute atomic E-state index is 12.0. The summed E-state index contributed by atoms with van der Waals surface area (Å²) in [6.07, 6.45) is 1.15. The van der Waals surface area contributed by atoms with Crippen LogP contribution < -0.4 is 10.2 Å². The monoisotopic (exact) mass is 257 g/mol. The van der Waals surface area contributed by atoms with Gasteiger partial charge in [-0.05, 0) is 24.5 Å². The van der Waals surface area contributed by atoms with E-state index in [0.717, 1.165) is 24.2 Å². The van der Waals surface area contributed by atoms with Crippen LogP contribution in [-0.2, 0) is 11.2 Å². The van der Waals surface area contributed by atoms with Crippen LogP contribution in [0, 0.1) is 18.3 Å². The molecule has 4 heteroatoms. The van der Waals surface area contributed by atoms with Gasteiger partial charge in [-0.15, -0.1) is 0 Å². The number of amides is 1. The quantitative estimate of drug-likeness (QED) is 0.898. The lowest BCUT2D eigenvalue weighted by molar-refractivity contribution is -0.123. The van der Waals surface area contributed by atoms with Crippen LogP contribution in [0.1, 0.15) is 24.5 Å². The third kappa shape index (κ3) is 2.55. The zero-order valence-electron chi connectivity index (χ0n) is 11.4. The van der Waals surface area contributed by atoms with Gasteiger partial charge in [-0.1, -0.05) is 25.1 Å². The van der Waals surface area contributed by atoms with Crippen molar-refractivity contribution < 1.29 is 4.79 Å². The van der Waals surface area contributed by atoms with Crippen molar-refractivity contribution in [2.75, 3.05) is 18.0 Å². The lowest BCUT2D eigenvalue weighted by Gasteiger charge is -2.37. The van der Waals surface area contributed by atoms with Crippen LogP contribution in [0.3, 0.4) is 0 Å². The number of hydrogen-bond donors (Lipinski definition) is 1. The van der Waals surface area contributed by atoms with Crippen molar-refractivity contribution >= 4 is 11.6 Å². The summed E-state index contributed by atoms with van der Waals surface area (Å²) in [5.74, 6) is -0.0434. The van der Waals surface area contributed by atoms with Crippen LogP contribution in [0.4, 0.5) is 5.69 Å². The van der Waals surface area contributed by atoms with E-state index in [2.05, 4.69) is 42.3 Å². The molecule has 0 saturated carbocycles. The number of nitrogens with one attached hydrogen (secondary N) is 1. The van der Waals surface area contributed by atoms with Crippen molar-refractivity contribution in [1.29, 1.82) is 5.26 Å². The van der Waals surface area contributed by atoms with Gasteiger partial charge < -0.3 is 10.2 Å². The van der Waals surface area contributed by atoms with Gasteiger partial charge in [-0.25, -0.2) is 0 Å². The standard InChI is InChI=1S/C15H19N3O/c1-3-12-6-4-5-11(2)14(12)18-10-9-17-15(19)13(18)7-8-16/h4-6,13H,3,7,9-10H2,1-2H3,(H,17,19). The molecule has 1 amide bonds. The second-order valence-electron chi connectivity index (χ2n) is 4.80. The smallest absolute Gasteiger partial charge is 0.243 e. The lowest BCUT2D eigenvalue weighted by Crippen LogP contribution is -2.55. The van der Waals surface area contributed by atoms with Gasteiger partial charge in [0, 0.05) is 18.8 Å². The van der Waals surface area contributed by atoms with Gasteiger partial charge >= 0.3 is 0 Å². The zero-order chi connectivity index (χ0) is 13.8. The Morgan fingerprint density at radius 2 is 2.32 bits per heavy atom. The highest BCUT2D eigenvalue weighted by Gasteiger charge is 2.31. The SMILES string of the molecule is CCc1cccc(C)c1N1CCNC(=O)C1CC#N. The Kier molecular flexibility index (Phi) is 4.06. The predicted molar refractivity (Wildman–Crippen MR) is 74.9 cm³/mol. The molecule has 0 radical (unpaired) electrons. The molecule has 1 unspecified atom stereocenters. The third-order valence-corrected chi connectivity index (χ3v) is 3.60. The number of aryl methyl sites for hydroxylation is 2. The molecule has 1 aliphatic rings. The van der Waals surface area contributed by atoms with Crippen LogP contribution in [0.2, 0.25) is 0 Å². The summed E-state index contributed by atoms with van der Waals surface area (Å²) >= 11 is 0. The molecule has 1 saturated heterocycles. The summed E-state index contributed by atoms with van der Waals surface area (Å²) in [6.45, 7) is 5.57. The van der Waals surface area contributed by atoms with E-state index in [1.54, 1.807) is 0 Å². The highest BCUT2D eigenvalue weighted by atomic mass is 16.2. The first-order chi connectivity index (χ1) is 9.19. The summed E-state index contributed by atoms with van der Waals surface area (Å²) in [4.78, 5) is 14.1. The van der Waals surface area contributed by atoms with Gasteiger partial charge in [0.15, 0.2) is 0 Å². The molecule has 1 fully saturated rings. The van der Waals surface area contributed by atoms with E-state index in [4.69, 9.17) is 5.26 Å². The molecule has 1 aliphatic heterocycles. The fourth-order valence-electron chi connectivity index (χ4n) is 2.69. The Bertz CT molecular complexity index is 519. The Hall–Kier alpha value is -2.02. The minimum Gasteiger partial charge on any atom is -0.356 e. The second kappa shape index (κ2) is 5.75. The molecule has 0 bridgehead atoms. The van der Waals surface area contributed by atoms with Gasteiger partial charge in [0.25, 0.3) is 0 Å². The molecular weight excluding hydrogens is 238 g/mol. The number of nitriles is 1. The lowest BCUT2D eigenvalue weighted by atomic mass is 10.0. The van der Waals surface area contributed by atoms with E-state index in [9.17, 15) is 4.79 Å². The molecule has 1 N–H and O–H groups in total. The van der Waals surface area contributed by atoms with Gasteiger partial charge in [0.2, 0.25) is 5.91 Å². The summed E-state index contributed by atoms with van der Waals surface area (Å²) in [7, 11) is 0. The summed E-state index contributed by atoms with van der Waals surface area (Å²) in [5.41, 5.74) is 3.52. The molecule has 100 valence electrons. The largest absolute Gasteiger partial charge is 0.356 e. The van der Waals surface area contributed by atoms with E-state index in [1.165, 1.54) is 5.56 Å². The van der Waals surface area contributed by atoms with Crippen LogP contribution >= 0.6 is 0 Å². The molecule has 0 spiro atoms. The summed E-state index contributed by atoms with van der Waals surface area (Å²) in [5, 5.41) is 11.8. The molecular formula is C15H19N3O. The van der Waals surface area contributed by atoms with Gasteiger partial charge in [-0.3, -0.25) is 4.79 Å². The van der Waals surface area contributed by atoms with Crippen LogP contribution in [-0.4, -0.2) is 25.0 Å². The van der Waals surface area contributed by atoms with E-state index >= 15 is 0 Å². The van der Waals surface area contributed by atoms with E-state index in [-0.39, 0.29) is 18.4 Å². The van der Waals surface area contributed by atoms with Gasteiger partial charge in [0.05, 0.1) is 12.5 Å². The van der Waals surface area contributed by atoms with E-state index in [1.807, 2.05) is 6.07 Å². The molecule has 1 aromatic rings. The van der Waals surface area contributed by atoms with Crippen molar-refractivity contribution in [2.24, 2.45) is 0 Å². The van der Waals surface area contributed by atoms with Gasteiger partial charge in [-0.2, -0.15) is 5.26 Å². The normalized spacial score (nSPS) is 18.9. The number of benzene rings is 1. The summed E-state index contributed by atoms with van der Waals surface area (Å²) in [6, 6.07) is 7.95. The molecule has 0 aliphatic carbocycles. The molecule has 1 atom stereocenters. The van der Waals surface area contributed by atoms with Gasteiger partial charge in [0.1, 0.15) is 6.04 Å². The van der Waals surface area contributed by atoms with Crippen molar-refractivity contribution in [3.63, 3.8) is 0 Å². The highest BCUT2D eigenvalue weighted by molar-refractivity contribution is 5.87. The second-order valence-corrected chi connectivity index (χ2v) is 4.80. The summed E-state index contributed by atoms with van der Waals surface area (Å²) < 4.78 is 0. The third-order valence-electron chi connectivity index (χ3n) is 3.60. The Balaban J connectivity index is 2.43. The maximum atomic E-state index is 12.0. The predicted octanol–water partition coefficient (Wildman–Crippen LogP) is 1.78.